The van der Waals surface area contributed by atoms with Crippen LogP contribution in [0.5, 0.6) is 11.5 Å². The zero-order valence-corrected chi connectivity index (χ0v) is 11.5. The van der Waals surface area contributed by atoms with Crippen molar-refractivity contribution in [3.05, 3.63) is 23.3 Å². The maximum absolute atomic E-state index is 13.2. The number of piperidine rings is 1. The third-order valence-corrected chi connectivity index (χ3v) is 3.59. The number of alkyl halides is 3. The Balaban J connectivity index is 2.57. The first-order chi connectivity index (χ1) is 9.49. The molecule has 1 unspecified atom stereocenters. The third-order valence-electron chi connectivity index (χ3n) is 3.59. The van der Waals surface area contributed by atoms with Crippen LogP contribution in [0.1, 0.15) is 29.9 Å². The molecule has 1 fully saturated rings. The molecule has 0 saturated carbocycles. The fraction of sp³-hybridized carbons (Fsp3) is 0.571. The van der Waals surface area contributed by atoms with Gasteiger partial charge in [0.2, 0.25) is 0 Å². The lowest BCUT2D eigenvalue weighted by Gasteiger charge is -2.28. The summed E-state index contributed by atoms with van der Waals surface area (Å²) in [7, 11) is 2.80. The van der Waals surface area contributed by atoms with E-state index in [2.05, 4.69) is 5.32 Å². The normalized spacial score (nSPS) is 19.8. The molecule has 112 valence electrons. The molecule has 0 aromatic heterocycles. The molecule has 1 atom stereocenters. The maximum atomic E-state index is 13.2. The fourth-order valence-corrected chi connectivity index (χ4v) is 2.70. The summed E-state index contributed by atoms with van der Waals surface area (Å²) in [5.41, 5.74) is -0.435. The molecule has 2 rings (SSSR count). The van der Waals surface area contributed by atoms with Gasteiger partial charge in [-0.2, -0.15) is 13.2 Å². The Hall–Kier alpha value is -1.43. The van der Waals surface area contributed by atoms with E-state index in [-0.39, 0.29) is 17.2 Å². The van der Waals surface area contributed by atoms with E-state index in [1.807, 2.05) is 0 Å². The number of hydrogen-bond donors (Lipinski definition) is 1. The molecule has 0 amide bonds. The van der Waals surface area contributed by atoms with Crippen molar-refractivity contribution in [2.45, 2.75) is 24.9 Å². The molecule has 1 aliphatic heterocycles. The molecular formula is C14H18F3NO2. The van der Waals surface area contributed by atoms with Crippen LogP contribution in [0, 0.1) is 0 Å². The quantitative estimate of drug-likeness (QED) is 0.927. The predicted molar refractivity (Wildman–Crippen MR) is 69.4 cm³/mol. The molecule has 0 aliphatic carbocycles. The first-order valence-corrected chi connectivity index (χ1v) is 6.51. The Bertz CT molecular complexity index is 468. The largest absolute Gasteiger partial charge is 0.493 e. The Morgan fingerprint density at radius 1 is 1.20 bits per heavy atom. The summed E-state index contributed by atoms with van der Waals surface area (Å²) < 4.78 is 50.0. The van der Waals surface area contributed by atoms with Gasteiger partial charge < -0.3 is 14.8 Å². The summed E-state index contributed by atoms with van der Waals surface area (Å²) in [6.07, 6.45) is -2.84. The van der Waals surface area contributed by atoms with Crippen molar-refractivity contribution in [1.82, 2.24) is 5.32 Å². The van der Waals surface area contributed by atoms with E-state index in [0.717, 1.165) is 19.0 Å². The van der Waals surface area contributed by atoms with Crippen molar-refractivity contribution < 1.29 is 22.6 Å². The Morgan fingerprint density at radius 2 is 1.95 bits per heavy atom. The highest BCUT2D eigenvalue weighted by Crippen LogP contribution is 2.45. The number of benzene rings is 1. The molecule has 6 heteroatoms. The van der Waals surface area contributed by atoms with Crippen LogP contribution in [0.2, 0.25) is 0 Å². The van der Waals surface area contributed by atoms with E-state index in [4.69, 9.17) is 9.47 Å². The van der Waals surface area contributed by atoms with Crippen molar-refractivity contribution in [1.29, 1.82) is 0 Å². The molecule has 20 heavy (non-hydrogen) atoms. The summed E-state index contributed by atoms with van der Waals surface area (Å²) in [6, 6.07) is 2.38. The van der Waals surface area contributed by atoms with E-state index in [9.17, 15) is 13.2 Å². The maximum Gasteiger partial charge on any atom is 0.416 e. The minimum Gasteiger partial charge on any atom is -0.493 e. The van der Waals surface area contributed by atoms with Gasteiger partial charge in [-0.1, -0.05) is 0 Å². The summed E-state index contributed by atoms with van der Waals surface area (Å²) in [5, 5.41) is 3.14. The first kappa shape index (κ1) is 15.0. The summed E-state index contributed by atoms with van der Waals surface area (Å²) in [4.78, 5) is 0. The van der Waals surface area contributed by atoms with Gasteiger partial charge in [0.1, 0.15) is 0 Å². The minimum absolute atomic E-state index is 0.191. The lowest BCUT2D eigenvalue weighted by Crippen LogP contribution is -2.30. The first-order valence-electron chi connectivity index (χ1n) is 6.51. The van der Waals surface area contributed by atoms with Crippen molar-refractivity contribution in [2.75, 3.05) is 27.3 Å². The summed E-state index contributed by atoms with van der Waals surface area (Å²) >= 11 is 0. The topological polar surface area (TPSA) is 30.5 Å². The SMILES string of the molecule is COc1ccc(C(F)(F)F)c(C2CCCNC2)c1OC. The van der Waals surface area contributed by atoms with Gasteiger partial charge in [0.25, 0.3) is 0 Å². The number of methoxy groups -OCH3 is 2. The summed E-state index contributed by atoms with van der Waals surface area (Å²) in [5.74, 6) is 0.308. The van der Waals surface area contributed by atoms with Gasteiger partial charge in [0.15, 0.2) is 11.5 Å². The standard InChI is InChI=1S/C14H18F3NO2/c1-19-11-6-5-10(14(15,16)17)12(13(11)20-2)9-4-3-7-18-8-9/h5-6,9,18H,3-4,7-8H2,1-2H3. The molecule has 1 N–H and O–H groups in total. The third kappa shape index (κ3) is 2.85. The molecule has 1 aromatic carbocycles. The number of halogens is 3. The van der Waals surface area contributed by atoms with Crippen LogP contribution in [-0.4, -0.2) is 27.3 Å². The molecule has 0 bridgehead atoms. The molecule has 1 saturated heterocycles. The van der Waals surface area contributed by atoms with E-state index in [1.54, 1.807) is 0 Å². The second-order valence-electron chi connectivity index (χ2n) is 4.80. The van der Waals surface area contributed by atoms with Crippen molar-refractivity contribution in [3.8, 4) is 11.5 Å². The van der Waals surface area contributed by atoms with Crippen molar-refractivity contribution in [2.24, 2.45) is 0 Å². The number of nitrogens with one attached hydrogen (secondary N) is 1. The van der Waals surface area contributed by atoms with Crippen LogP contribution in [0.3, 0.4) is 0 Å². The van der Waals surface area contributed by atoms with E-state index >= 15 is 0 Å². The van der Waals surface area contributed by atoms with Gasteiger partial charge in [0, 0.05) is 18.0 Å². The van der Waals surface area contributed by atoms with Crippen LogP contribution < -0.4 is 14.8 Å². The van der Waals surface area contributed by atoms with Crippen LogP contribution in [0.15, 0.2) is 12.1 Å². The number of ether oxygens (including phenoxy) is 2. The number of hydrogen-bond acceptors (Lipinski definition) is 3. The van der Waals surface area contributed by atoms with Gasteiger partial charge in [-0.25, -0.2) is 0 Å². The van der Waals surface area contributed by atoms with Crippen molar-refractivity contribution in [3.63, 3.8) is 0 Å². The Labute approximate surface area is 116 Å². The second kappa shape index (κ2) is 5.91. The van der Waals surface area contributed by atoms with Crippen LogP contribution >= 0.6 is 0 Å². The molecule has 3 nitrogen and oxygen atoms in total. The predicted octanol–water partition coefficient (Wildman–Crippen LogP) is 3.19. The van der Waals surface area contributed by atoms with E-state index < -0.39 is 11.7 Å². The van der Waals surface area contributed by atoms with Crippen molar-refractivity contribution >= 4 is 0 Å². The van der Waals surface area contributed by atoms with Crippen LogP contribution in [0.25, 0.3) is 0 Å². The molecule has 1 aliphatic rings. The van der Waals surface area contributed by atoms with E-state index in [0.29, 0.717) is 18.7 Å². The Kier molecular flexibility index (Phi) is 4.42. The van der Waals surface area contributed by atoms with Gasteiger partial charge in [-0.3, -0.25) is 0 Å². The summed E-state index contributed by atoms with van der Waals surface area (Å²) in [6.45, 7) is 1.36. The lowest BCUT2D eigenvalue weighted by molar-refractivity contribution is -0.138. The highest BCUT2D eigenvalue weighted by molar-refractivity contribution is 5.53. The Morgan fingerprint density at radius 3 is 2.45 bits per heavy atom. The van der Waals surface area contributed by atoms with Gasteiger partial charge in [-0.15, -0.1) is 0 Å². The average molecular weight is 289 g/mol. The van der Waals surface area contributed by atoms with Gasteiger partial charge in [-0.05, 0) is 31.5 Å². The highest BCUT2D eigenvalue weighted by Gasteiger charge is 2.38. The minimum atomic E-state index is -4.40. The molecular weight excluding hydrogens is 271 g/mol. The van der Waals surface area contributed by atoms with E-state index in [1.165, 1.54) is 20.3 Å². The molecule has 0 spiro atoms. The van der Waals surface area contributed by atoms with Crippen LogP contribution in [0.4, 0.5) is 13.2 Å². The smallest absolute Gasteiger partial charge is 0.416 e. The number of rotatable bonds is 3. The zero-order chi connectivity index (χ0) is 14.8. The molecule has 1 heterocycles. The second-order valence-corrected chi connectivity index (χ2v) is 4.80. The van der Waals surface area contributed by atoms with Gasteiger partial charge >= 0.3 is 6.18 Å². The zero-order valence-electron chi connectivity index (χ0n) is 11.5. The van der Waals surface area contributed by atoms with Crippen LogP contribution in [-0.2, 0) is 6.18 Å². The molecule has 1 aromatic rings. The fourth-order valence-electron chi connectivity index (χ4n) is 2.70. The monoisotopic (exact) mass is 289 g/mol. The highest BCUT2D eigenvalue weighted by atomic mass is 19.4. The average Bonchev–Trinajstić information content (AvgIpc) is 2.45. The van der Waals surface area contributed by atoms with Gasteiger partial charge in [0.05, 0.1) is 19.8 Å². The molecule has 0 radical (unpaired) electrons. The lowest BCUT2D eigenvalue weighted by atomic mass is 9.87.